The lowest BCUT2D eigenvalue weighted by Crippen LogP contribution is -2.35. The highest BCUT2D eigenvalue weighted by molar-refractivity contribution is 6.31. The number of aromatic nitrogens is 2. The van der Waals surface area contributed by atoms with Gasteiger partial charge in [0.25, 0.3) is 5.91 Å². The Balaban J connectivity index is 2.35. The summed E-state index contributed by atoms with van der Waals surface area (Å²) >= 11 is 6.08. The number of carbonyl (C=O) groups excluding carboxylic acids is 2. The Labute approximate surface area is 154 Å². The molecule has 0 radical (unpaired) electrons. The summed E-state index contributed by atoms with van der Waals surface area (Å²) in [6.45, 7) is 7.81. The Morgan fingerprint density at radius 2 is 2.00 bits per heavy atom. The van der Waals surface area contributed by atoms with Crippen LogP contribution in [0, 0.1) is 12.8 Å². The van der Waals surface area contributed by atoms with Crippen LogP contribution in [0.5, 0.6) is 0 Å². The first-order valence-corrected chi connectivity index (χ1v) is 8.91. The third-order valence-electron chi connectivity index (χ3n) is 3.75. The predicted molar refractivity (Wildman–Crippen MR) is 99.2 cm³/mol. The summed E-state index contributed by atoms with van der Waals surface area (Å²) in [5.74, 6) is -0.232. The summed E-state index contributed by atoms with van der Waals surface area (Å²) in [5, 5.41) is 7.42. The molecule has 0 aromatic carbocycles. The van der Waals surface area contributed by atoms with Gasteiger partial charge in [0.05, 0.1) is 5.69 Å². The molecule has 1 heterocycles. The second kappa shape index (κ2) is 10.2. The Bertz CT molecular complexity index is 623. The van der Waals surface area contributed by atoms with Gasteiger partial charge >= 0.3 is 5.97 Å². The second-order valence-corrected chi connectivity index (χ2v) is 7.01. The zero-order valence-corrected chi connectivity index (χ0v) is 16.4. The van der Waals surface area contributed by atoms with Crippen molar-refractivity contribution in [3.8, 4) is 0 Å². The molecule has 1 aromatic rings. The molecule has 0 saturated heterocycles. The topological polar surface area (TPSA) is 73.2 Å². The molecule has 1 rings (SSSR count). The minimum atomic E-state index is -0.595. The van der Waals surface area contributed by atoms with Gasteiger partial charge in [0.1, 0.15) is 5.15 Å². The Morgan fingerprint density at radius 3 is 2.56 bits per heavy atom. The minimum absolute atomic E-state index is 0.0670. The van der Waals surface area contributed by atoms with E-state index in [-0.39, 0.29) is 18.6 Å². The minimum Gasteiger partial charge on any atom is -0.452 e. The van der Waals surface area contributed by atoms with Crippen LogP contribution in [0.1, 0.15) is 51.3 Å². The van der Waals surface area contributed by atoms with E-state index in [0.717, 1.165) is 19.3 Å². The SMILES string of the molecule is Cc1nn(C)c(Cl)c1/C=C/C(=O)OCC(=O)NC(C)CCCC(C)C. The van der Waals surface area contributed by atoms with Gasteiger partial charge in [-0.15, -0.1) is 0 Å². The normalized spacial score (nSPS) is 12.6. The predicted octanol–water partition coefficient (Wildman–Crippen LogP) is 3.27. The number of ether oxygens (including phenoxy) is 1. The maximum absolute atomic E-state index is 11.8. The zero-order chi connectivity index (χ0) is 19.0. The monoisotopic (exact) mass is 369 g/mol. The highest BCUT2D eigenvalue weighted by atomic mass is 35.5. The number of carbonyl (C=O) groups is 2. The van der Waals surface area contributed by atoms with Crippen molar-refractivity contribution in [2.24, 2.45) is 13.0 Å². The first-order chi connectivity index (χ1) is 11.7. The first-order valence-electron chi connectivity index (χ1n) is 8.54. The Hall–Kier alpha value is -1.82. The Kier molecular flexibility index (Phi) is 8.69. The van der Waals surface area contributed by atoms with Crippen LogP contribution in [0.3, 0.4) is 0 Å². The van der Waals surface area contributed by atoms with Crippen molar-refractivity contribution >= 4 is 29.6 Å². The number of nitrogens with zero attached hydrogens (tertiary/aromatic N) is 2. The van der Waals surface area contributed by atoms with Crippen LogP contribution in [0.2, 0.25) is 5.15 Å². The van der Waals surface area contributed by atoms with Crippen molar-refractivity contribution in [3.05, 3.63) is 22.5 Å². The van der Waals surface area contributed by atoms with E-state index in [1.165, 1.54) is 10.8 Å². The average molecular weight is 370 g/mol. The molecule has 6 nitrogen and oxygen atoms in total. The lowest BCUT2D eigenvalue weighted by molar-refractivity contribution is -0.144. The van der Waals surface area contributed by atoms with Crippen molar-refractivity contribution in [3.63, 3.8) is 0 Å². The molecule has 1 atom stereocenters. The summed E-state index contributed by atoms with van der Waals surface area (Å²) in [6.07, 6.45) is 5.90. The maximum atomic E-state index is 11.8. The van der Waals surface area contributed by atoms with Crippen molar-refractivity contribution in [2.45, 2.75) is 53.0 Å². The molecule has 140 valence electrons. The van der Waals surface area contributed by atoms with Crippen LogP contribution in [-0.4, -0.2) is 34.3 Å². The molecular weight excluding hydrogens is 342 g/mol. The van der Waals surface area contributed by atoms with E-state index in [2.05, 4.69) is 24.3 Å². The van der Waals surface area contributed by atoms with Crippen LogP contribution < -0.4 is 5.32 Å². The molecule has 0 aliphatic rings. The van der Waals surface area contributed by atoms with Crippen LogP contribution in [-0.2, 0) is 21.4 Å². The number of halogens is 1. The zero-order valence-electron chi connectivity index (χ0n) is 15.6. The van der Waals surface area contributed by atoms with E-state index >= 15 is 0 Å². The molecule has 1 N–H and O–H groups in total. The molecular formula is C18H28ClN3O3. The molecule has 0 bridgehead atoms. The van der Waals surface area contributed by atoms with Crippen molar-refractivity contribution in [2.75, 3.05) is 6.61 Å². The highest BCUT2D eigenvalue weighted by Crippen LogP contribution is 2.19. The maximum Gasteiger partial charge on any atom is 0.331 e. The average Bonchev–Trinajstić information content (AvgIpc) is 2.75. The van der Waals surface area contributed by atoms with Gasteiger partial charge in [0.15, 0.2) is 6.61 Å². The number of esters is 1. The van der Waals surface area contributed by atoms with Crippen LogP contribution in [0.25, 0.3) is 6.08 Å². The smallest absolute Gasteiger partial charge is 0.331 e. The number of aryl methyl sites for hydroxylation is 2. The van der Waals surface area contributed by atoms with Gasteiger partial charge in [-0.3, -0.25) is 9.48 Å². The quantitative estimate of drug-likeness (QED) is 0.535. The molecule has 0 fully saturated rings. The number of nitrogens with one attached hydrogen (secondary N) is 1. The van der Waals surface area contributed by atoms with Crippen LogP contribution >= 0.6 is 11.6 Å². The van der Waals surface area contributed by atoms with Gasteiger partial charge in [0, 0.05) is 24.7 Å². The summed E-state index contributed by atoms with van der Waals surface area (Å²) in [6, 6.07) is 0.0670. The van der Waals surface area contributed by atoms with E-state index < -0.39 is 5.97 Å². The summed E-state index contributed by atoms with van der Waals surface area (Å²) in [5.41, 5.74) is 1.37. The molecule has 1 unspecified atom stereocenters. The van der Waals surface area contributed by atoms with Crippen LogP contribution in [0.4, 0.5) is 0 Å². The first kappa shape index (κ1) is 21.2. The van der Waals surface area contributed by atoms with Gasteiger partial charge < -0.3 is 10.1 Å². The van der Waals surface area contributed by atoms with E-state index in [1.807, 2.05) is 6.92 Å². The van der Waals surface area contributed by atoms with Crippen LogP contribution in [0.15, 0.2) is 6.08 Å². The third-order valence-corrected chi connectivity index (χ3v) is 4.20. The van der Waals surface area contributed by atoms with Gasteiger partial charge in [-0.1, -0.05) is 38.3 Å². The number of hydrogen-bond acceptors (Lipinski definition) is 4. The second-order valence-electron chi connectivity index (χ2n) is 6.65. The fourth-order valence-electron chi connectivity index (χ4n) is 2.39. The molecule has 1 amide bonds. The number of amides is 1. The van der Waals surface area contributed by atoms with Gasteiger partial charge in [-0.25, -0.2) is 4.79 Å². The summed E-state index contributed by atoms with van der Waals surface area (Å²) in [7, 11) is 1.72. The molecule has 1 aromatic heterocycles. The van der Waals surface area contributed by atoms with Gasteiger partial charge in [-0.2, -0.15) is 5.10 Å². The van der Waals surface area contributed by atoms with Gasteiger partial charge in [-0.05, 0) is 32.3 Å². The lowest BCUT2D eigenvalue weighted by Gasteiger charge is -2.14. The molecule has 7 heteroatoms. The van der Waals surface area contributed by atoms with E-state index in [9.17, 15) is 9.59 Å². The fraction of sp³-hybridized carbons (Fsp3) is 0.611. The fourth-order valence-corrected chi connectivity index (χ4v) is 2.63. The largest absolute Gasteiger partial charge is 0.452 e. The van der Waals surface area contributed by atoms with E-state index in [0.29, 0.717) is 22.3 Å². The molecule has 0 aliphatic carbocycles. The van der Waals surface area contributed by atoms with Crippen molar-refractivity contribution in [1.82, 2.24) is 15.1 Å². The molecule has 0 aliphatic heterocycles. The molecule has 0 saturated carbocycles. The van der Waals surface area contributed by atoms with E-state index in [1.54, 1.807) is 20.0 Å². The van der Waals surface area contributed by atoms with Gasteiger partial charge in [0.2, 0.25) is 0 Å². The summed E-state index contributed by atoms with van der Waals surface area (Å²) in [4.78, 5) is 23.5. The molecule has 0 spiro atoms. The third kappa shape index (κ3) is 7.73. The van der Waals surface area contributed by atoms with Crippen molar-refractivity contribution < 1.29 is 14.3 Å². The highest BCUT2D eigenvalue weighted by Gasteiger charge is 2.11. The number of hydrogen-bond donors (Lipinski definition) is 1. The Morgan fingerprint density at radius 1 is 1.32 bits per heavy atom. The van der Waals surface area contributed by atoms with Crippen molar-refractivity contribution in [1.29, 1.82) is 0 Å². The lowest BCUT2D eigenvalue weighted by atomic mass is 10.0. The summed E-state index contributed by atoms with van der Waals surface area (Å²) < 4.78 is 6.47. The number of rotatable bonds is 9. The molecule has 25 heavy (non-hydrogen) atoms. The van der Waals surface area contributed by atoms with E-state index in [4.69, 9.17) is 16.3 Å². The standard InChI is InChI=1S/C18H28ClN3O3/c1-12(2)7-6-8-13(3)20-16(23)11-25-17(24)10-9-15-14(4)21-22(5)18(15)19/h9-10,12-13H,6-8,11H2,1-5H3,(H,20,23)/b10-9+.